The lowest BCUT2D eigenvalue weighted by atomic mass is 10.1. The van der Waals surface area contributed by atoms with Crippen molar-refractivity contribution in [2.24, 2.45) is 5.73 Å². The van der Waals surface area contributed by atoms with Gasteiger partial charge in [-0.25, -0.2) is 0 Å². The summed E-state index contributed by atoms with van der Waals surface area (Å²) in [7, 11) is 0. The predicted octanol–water partition coefficient (Wildman–Crippen LogP) is 4.63. The number of primary amides is 1. The first-order chi connectivity index (χ1) is 15.5. The van der Waals surface area contributed by atoms with Crippen molar-refractivity contribution < 1.29 is 14.3 Å². The molecular weight excluding hydrogens is 468 g/mol. The van der Waals surface area contributed by atoms with E-state index < -0.39 is 5.91 Å². The van der Waals surface area contributed by atoms with Gasteiger partial charge in [0, 0.05) is 30.4 Å². The highest BCUT2D eigenvalue weighted by molar-refractivity contribution is 9.10. The molecule has 2 amide bonds. The van der Waals surface area contributed by atoms with Crippen molar-refractivity contribution in [3.8, 4) is 5.75 Å². The normalized spacial score (nSPS) is 10.5. The first kappa shape index (κ1) is 23.5. The molecule has 0 aliphatic rings. The van der Waals surface area contributed by atoms with Gasteiger partial charge in [0.15, 0.2) is 0 Å². The molecule has 0 bridgehead atoms. The Hall–Kier alpha value is -3.12. The van der Waals surface area contributed by atoms with Crippen LogP contribution in [0.5, 0.6) is 5.75 Å². The molecule has 0 saturated heterocycles. The molecule has 3 aromatic carbocycles. The maximum atomic E-state index is 13.5. The number of benzene rings is 3. The monoisotopic (exact) mass is 494 g/mol. The van der Waals surface area contributed by atoms with Crippen molar-refractivity contribution >= 4 is 27.7 Å². The Bertz CT molecular complexity index is 1030. The van der Waals surface area contributed by atoms with E-state index >= 15 is 0 Å². The fourth-order valence-corrected chi connectivity index (χ4v) is 3.72. The van der Waals surface area contributed by atoms with E-state index in [4.69, 9.17) is 10.5 Å². The molecule has 2 N–H and O–H groups in total. The smallest absolute Gasteiger partial charge is 0.257 e. The van der Waals surface area contributed by atoms with Gasteiger partial charge in [-0.15, -0.1) is 0 Å². The molecule has 6 heteroatoms. The Morgan fingerprint density at radius 2 is 1.47 bits per heavy atom. The molecule has 0 unspecified atom stereocenters. The van der Waals surface area contributed by atoms with Crippen LogP contribution in [0.2, 0.25) is 0 Å². The molecule has 0 radical (unpaired) electrons. The molecule has 32 heavy (non-hydrogen) atoms. The number of nitrogens with zero attached hydrogens (tertiary/aromatic N) is 1. The van der Waals surface area contributed by atoms with E-state index in [9.17, 15) is 9.59 Å². The molecule has 0 fully saturated rings. The number of carbonyl (C=O) groups excluding carboxylic acids is 2. The second kappa shape index (κ2) is 12.1. The largest absolute Gasteiger partial charge is 0.492 e. The Morgan fingerprint density at radius 3 is 2.09 bits per heavy atom. The lowest BCUT2D eigenvalue weighted by molar-refractivity contribution is -0.118. The van der Waals surface area contributed by atoms with Crippen LogP contribution in [0, 0.1) is 0 Å². The minimum Gasteiger partial charge on any atom is -0.492 e. The van der Waals surface area contributed by atoms with Crippen LogP contribution in [-0.4, -0.2) is 36.4 Å². The first-order valence-corrected chi connectivity index (χ1v) is 11.4. The molecule has 0 aliphatic heterocycles. The van der Waals surface area contributed by atoms with Gasteiger partial charge in [0.2, 0.25) is 5.91 Å². The van der Waals surface area contributed by atoms with Gasteiger partial charge in [0.1, 0.15) is 5.75 Å². The summed E-state index contributed by atoms with van der Waals surface area (Å²) in [5, 5.41) is 0. The van der Waals surface area contributed by atoms with Gasteiger partial charge >= 0.3 is 0 Å². The summed E-state index contributed by atoms with van der Waals surface area (Å²) >= 11 is 3.46. The van der Waals surface area contributed by atoms with Crippen molar-refractivity contribution in [3.05, 3.63) is 100 Å². The van der Waals surface area contributed by atoms with Gasteiger partial charge in [-0.05, 0) is 35.7 Å². The van der Waals surface area contributed by atoms with Crippen molar-refractivity contribution in [2.45, 2.75) is 19.3 Å². The van der Waals surface area contributed by atoms with Gasteiger partial charge < -0.3 is 15.4 Å². The molecule has 3 rings (SSSR count). The molecule has 0 aliphatic carbocycles. The second-order valence-corrected chi connectivity index (χ2v) is 8.38. The number of carbonyl (C=O) groups is 2. The van der Waals surface area contributed by atoms with Crippen LogP contribution in [0.3, 0.4) is 0 Å². The first-order valence-electron chi connectivity index (χ1n) is 10.6. The van der Waals surface area contributed by atoms with Gasteiger partial charge in [-0.1, -0.05) is 76.6 Å². The Morgan fingerprint density at radius 1 is 0.844 bits per heavy atom. The van der Waals surface area contributed by atoms with Gasteiger partial charge in [-0.3, -0.25) is 9.59 Å². The topological polar surface area (TPSA) is 72.6 Å². The number of amides is 2. The lowest BCUT2D eigenvalue weighted by Gasteiger charge is -2.24. The molecule has 0 atom stereocenters. The Labute approximate surface area is 197 Å². The van der Waals surface area contributed by atoms with E-state index in [-0.39, 0.29) is 18.9 Å². The van der Waals surface area contributed by atoms with Gasteiger partial charge in [0.05, 0.1) is 12.2 Å². The predicted molar refractivity (Wildman–Crippen MR) is 130 cm³/mol. The number of halogens is 1. The van der Waals surface area contributed by atoms with E-state index in [0.29, 0.717) is 30.9 Å². The van der Waals surface area contributed by atoms with Crippen LogP contribution in [0.25, 0.3) is 0 Å². The molecule has 166 valence electrons. The van der Waals surface area contributed by atoms with Gasteiger partial charge in [0.25, 0.3) is 5.91 Å². The Balaban J connectivity index is 1.74. The third kappa shape index (κ3) is 7.24. The summed E-state index contributed by atoms with van der Waals surface area (Å²) in [6, 6.07) is 25.4. The minimum atomic E-state index is -0.434. The summed E-state index contributed by atoms with van der Waals surface area (Å²) in [5.41, 5.74) is 8.11. The molecular formula is C26H27BrN2O3. The standard InChI is InChI=1S/C26H27BrN2O3/c27-22-11-12-24(32-18-15-21-9-5-2-6-10-21)23(19-22)26(31)29(17-14-25(28)30)16-13-20-7-3-1-4-8-20/h1-12,19H,13-18H2,(H2,28,30). The average molecular weight is 495 g/mol. The van der Waals surface area contributed by atoms with E-state index in [1.54, 1.807) is 17.0 Å². The lowest BCUT2D eigenvalue weighted by Crippen LogP contribution is -2.36. The van der Waals surface area contributed by atoms with Crippen LogP contribution in [-0.2, 0) is 17.6 Å². The summed E-state index contributed by atoms with van der Waals surface area (Å²) in [4.78, 5) is 26.5. The van der Waals surface area contributed by atoms with Gasteiger partial charge in [-0.2, -0.15) is 0 Å². The summed E-state index contributed by atoms with van der Waals surface area (Å²) < 4.78 is 6.78. The van der Waals surface area contributed by atoms with Crippen molar-refractivity contribution in [3.63, 3.8) is 0 Å². The van der Waals surface area contributed by atoms with E-state index in [1.165, 1.54) is 5.56 Å². The number of hydrogen-bond acceptors (Lipinski definition) is 3. The highest BCUT2D eigenvalue weighted by atomic mass is 79.9. The van der Waals surface area contributed by atoms with Crippen LogP contribution in [0.4, 0.5) is 0 Å². The second-order valence-electron chi connectivity index (χ2n) is 7.47. The molecule has 5 nitrogen and oxygen atoms in total. The zero-order valence-corrected chi connectivity index (χ0v) is 19.5. The average Bonchev–Trinajstić information content (AvgIpc) is 2.81. The summed E-state index contributed by atoms with van der Waals surface area (Å²) in [5.74, 6) is -0.0906. The van der Waals surface area contributed by atoms with Crippen molar-refractivity contribution in [2.75, 3.05) is 19.7 Å². The highest BCUT2D eigenvalue weighted by Crippen LogP contribution is 2.25. The summed E-state index contributed by atoms with van der Waals surface area (Å²) in [6.07, 6.45) is 1.53. The van der Waals surface area contributed by atoms with Crippen LogP contribution in [0.15, 0.2) is 83.3 Å². The minimum absolute atomic E-state index is 0.110. The van der Waals surface area contributed by atoms with E-state index in [1.807, 2.05) is 66.7 Å². The fourth-order valence-electron chi connectivity index (χ4n) is 3.36. The summed E-state index contributed by atoms with van der Waals surface area (Å²) in [6.45, 7) is 1.19. The molecule has 0 aromatic heterocycles. The van der Waals surface area contributed by atoms with Crippen molar-refractivity contribution in [1.82, 2.24) is 4.90 Å². The van der Waals surface area contributed by atoms with Crippen LogP contribution in [0.1, 0.15) is 27.9 Å². The van der Waals surface area contributed by atoms with Crippen LogP contribution < -0.4 is 10.5 Å². The molecule has 0 spiro atoms. The third-order valence-electron chi connectivity index (χ3n) is 5.09. The van der Waals surface area contributed by atoms with Crippen molar-refractivity contribution in [1.29, 1.82) is 0 Å². The zero-order valence-electron chi connectivity index (χ0n) is 17.9. The molecule has 3 aromatic rings. The third-order valence-corrected chi connectivity index (χ3v) is 5.58. The SMILES string of the molecule is NC(=O)CCN(CCc1ccccc1)C(=O)c1cc(Br)ccc1OCCc1ccccc1. The number of hydrogen-bond donors (Lipinski definition) is 1. The Kier molecular flexibility index (Phi) is 8.87. The molecule has 0 saturated carbocycles. The fraction of sp³-hybridized carbons (Fsp3) is 0.231. The molecule has 0 heterocycles. The number of nitrogens with two attached hydrogens (primary N) is 1. The zero-order chi connectivity index (χ0) is 22.8. The number of ether oxygens (including phenoxy) is 1. The number of rotatable bonds is 11. The van der Waals surface area contributed by atoms with E-state index in [2.05, 4.69) is 15.9 Å². The van der Waals surface area contributed by atoms with E-state index in [0.717, 1.165) is 16.5 Å². The maximum Gasteiger partial charge on any atom is 0.257 e. The quantitative estimate of drug-likeness (QED) is 0.422. The highest BCUT2D eigenvalue weighted by Gasteiger charge is 2.21. The van der Waals surface area contributed by atoms with Crippen LogP contribution >= 0.6 is 15.9 Å². The maximum absolute atomic E-state index is 13.5.